The van der Waals surface area contributed by atoms with Gasteiger partial charge in [-0.25, -0.2) is 0 Å². The third-order valence-corrected chi connectivity index (χ3v) is 1.07. The summed E-state index contributed by atoms with van der Waals surface area (Å²) in [6, 6.07) is 0. The van der Waals surface area contributed by atoms with Gasteiger partial charge in [-0.1, -0.05) is 12.2 Å². The molecule has 0 atom stereocenters. The van der Waals surface area contributed by atoms with Crippen molar-refractivity contribution in [2.75, 3.05) is 0 Å². The fourth-order valence-electron chi connectivity index (χ4n) is 0.437. The lowest BCUT2D eigenvalue weighted by Gasteiger charge is -1.98. The van der Waals surface area contributed by atoms with Crippen LogP contribution in [0.5, 0.6) is 0 Å². The Hall–Kier alpha value is -1.43. The molecule has 0 fully saturated rings. The van der Waals surface area contributed by atoms with Crippen LogP contribution in [0.4, 0.5) is 0 Å². The molecule has 0 aromatic rings. The Morgan fingerprint density at radius 1 is 1.33 bits per heavy atom. The first-order valence-corrected chi connectivity index (χ1v) is 3.43. The standard InChI is InChI=1S/C6H9N3O2S/c1-3(12)9-2-4(5(7)10)6(8)11/h2H,1H3,(H2,7,10)(H2,8,11)(H,9,12). The third kappa shape index (κ3) is 3.67. The number of hydrogen-bond donors (Lipinski definition) is 3. The Kier molecular flexibility index (Phi) is 3.92. The summed E-state index contributed by atoms with van der Waals surface area (Å²) < 4.78 is 0. The highest BCUT2D eigenvalue weighted by atomic mass is 32.1. The van der Waals surface area contributed by atoms with Crippen LogP contribution in [0, 0.1) is 0 Å². The third-order valence-electron chi connectivity index (χ3n) is 0.951. The molecule has 0 unspecified atom stereocenters. The van der Waals surface area contributed by atoms with E-state index in [-0.39, 0.29) is 5.57 Å². The van der Waals surface area contributed by atoms with E-state index in [0.717, 1.165) is 6.20 Å². The number of carbonyl (C=O) groups excluding carboxylic acids is 2. The van der Waals surface area contributed by atoms with Crippen LogP contribution < -0.4 is 16.8 Å². The topological polar surface area (TPSA) is 98.2 Å². The van der Waals surface area contributed by atoms with Crippen molar-refractivity contribution in [2.24, 2.45) is 11.5 Å². The van der Waals surface area contributed by atoms with E-state index in [1.165, 1.54) is 0 Å². The number of nitrogens with two attached hydrogens (primary N) is 2. The van der Waals surface area contributed by atoms with Crippen molar-refractivity contribution >= 4 is 29.0 Å². The van der Waals surface area contributed by atoms with Gasteiger partial charge in [-0.2, -0.15) is 0 Å². The zero-order chi connectivity index (χ0) is 9.72. The highest BCUT2D eigenvalue weighted by molar-refractivity contribution is 7.80. The van der Waals surface area contributed by atoms with Gasteiger partial charge in [0.25, 0.3) is 11.8 Å². The maximum atomic E-state index is 10.5. The molecule has 0 spiro atoms. The van der Waals surface area contributed by atoms with Crippen molar-refractivity contribution in [3.8, 4) is 0 Å². The van der Waals surface area contributed by atoms with Gasteiger partial charge in [-0.05, 0) is 6.92 Å². The molecule has 66 valence electrons. The molecule has 0 aliphatic heterocycles. The summed E-state index contributed by atoms with van der Waals surface area (Å²) in [6.45, 7) is 1.59. The number of amides is 2. The van der Waals surface area contributed by atoms with E-state index in [4.69, 9.17) is 11.5 Å². The van der Waals surface area contributed by atoms with Crippen LogP contribution in [0.3, 0.4) is 0 Å². The van der Waals surface area contributed by atoms with E-state index >= 15 is 0 Å². The van der Waals surface area contributed by atoms with Crippen LogP contribution in [-0.2, 0) is 9.59 Å². The molecule has 0 aliphatic carbocycles. The maximum Gasteiger partial charge on any atom is 0.255 e. The number of hydrogen-bond acceptors (Lipinski definition) is 3. The zero-order valence-electron chi connectivity index (χ0n) is 6.46. The predicted molar refractivity (Wildman–Crippen MR) is 47.9 cm³/mol. The van der Waals surface area contributed by atoms with Gasteiger partial charge in [0.2, 0.25) is 0 Å². The summed E-state index contributed by atoms with van der Waals surface area (Å²) in [5.74, 6) is -1.77. The summed E-state index contributed by atoms with van der Waals surface area (Å²) in [5.41, 5.74) is 9.36. The van der Waals surface area contributed by atoms with Gasteiger partial charge in [0, 0.05) is 6.20 Å². The summed E-state index contributed by atoms with van der Waals surface area (Å²) in [4.78, 5) is 21.5. The molecule has 5 N–H and O–H groups in total. The average Bonchev–Trinajstić information content (AvgIpc) is 1.84. The number of nitrogens with one attached hydrogen (secondary N) is 1. The van der Waals surface area contributed by atoms with E-state index in [1.807, 2.05) is 0 Å². The van der Waals surface area contributed by atoms with Gasteiger partial charge in [0.1, 0.15) is 5.57 Å². The molecule has 6 heteroatoms. The fourth-order valence-corrected chi connectivity index (χ4v) is 0.496. The van der Waals surface area contributed by atoms with E-state index in [0.29, 0.717) is 4.99 Å². The molecule has 0 aromatic heterocycles. The van der Waals surface area contributed by atoms with E-state index < -0.39 is 11.8 Å². The highest BCUT2D eigenvalue weighted by Crippen LogP contribution is 1.88. The molecule has 12 heavy (non-hydrogen) atoms. The molecular formula is C6H9N3O2S. The highest BCUT2D eigenvalue weighted by Gasteiger charge is 2.10. The minimum Gasteiger partial charge on any atom is -0.365 e. The fraction of sp³-hybridized carbons (Fsp3) is 0.167. The van der Waals surface area contributed by atoms with Crippen LogP contribution in [0.1, 0.15) is 6.92 Å². The van der Waals surface area contributed by atoms with E-state index in [2.05, 4.69) is 17.5 Å². The van der Waals surface area contributed by atoms with Crippen molar-refractivity contribution in [1.29, 1.82) is 0 Å². The van der Waals surface area contributed by atoms with Gasteiger partial charge in [-0.3, -0.25) is 9.59 Å². The Labute approximate surface area is 74.8 Å². The summed E-state index contributed by atoms with van der Waals surface area (Å²) in [7, 11) is 0. The van der Waals surface area contributed by atoms with E-state index in [1.54, 1.807) is 6.92 Å². The first-order valence-electron chi connectivity index (χ1n) is 3.02. The van der Waals surface area contributed by atoms with Crippen LogP contribution in [0.25, 0.3) is 0 Å². The lowest BCUT2D eigenvalue weighted by Crippen LogP contribution is -2.28. The van der Waals surface area contributed by atoms with Crippen molar-refractivity contribution in [1.82, 2.24) is 5.32 Å². The predicted octanol–water partition coefficient (Wildman–Crippen LogP) is -1.22. The molecule has 0 heterocycles. The molecule has 2 amide bonds. The van der Waals surface area contributed by atoms with Gasteiger partial charge >= 0.3 is 0 Å². The van der Waals surface area contributed by atoms with Crippen molar-refractivity contribution in [2.45, 2.75) is 6.92 Å². The molecule has 0 rings (SSSR count). The molecule has 5 nitrogen and oxygen atoms in total. The molecule has 0 radical (unpaired) electrons. The quantitative estimate of drug-likeness (QED) is 0.223. The summed E-state index contributed by atoms with van der Waals surface area (Å²) in [6.07, 6.45) is 1.09. The van der Waals surface area contributed by atoms with Gasteiger partial charge in [0.05, 0.1) is 4.99 Å². The zero-order valence-corrected chi connectivity index (χ0v) is 7.27. The van der Waals surface area contributed by atoms with Gasteiger partial charge < -0.3 is 16.8 Å². The van der Waals surface area contributed by atoms with E-state index in [9.17, 15) is 9.59 Å². The SMILES string of the molecule is CC(=S)NC=C(C(N)=O)C(N)=O. The van der Waals surface area contributed by atoms with Crippen LogP contribution in [0.15, 0.2) is 11.8 Å². The Balaban J connectivity index is 4.51. The Morgan fingerprint density at radius 2 is 1.75 bits per heavy atom. The van der Waals surface area contributed by atoms with Crippen molar-refractivity contribution in [3.05, 3.63) is 11.8 Å². The van der Waals surface area contributed by atoms with Crippen molar-refractivity contribution in [3.63, 3.8) is 0 Å². The molecule has 0 aromatic carbocycles. The summed E-state index contributed by atoms with van der Waals surface area (Å²) in [5, 5.41) is 2.48. The van der Waals surface area contributed by atoms with Gasteiger partial charge in [0.15, 0.2) is 0 Å². The van der Waals surface area contributed by atoms with Crippen molar-refractivity contribution < 1.29 is 9.59 Å². The maximum absolute atomic E-state index is 10.5. The Morgan fingerprint density at radius 3 is 2.00 bits per heavy atom. The smallest absolute Gasteiger partial charge is 0.255 e. The molecule has 0 saturated carbocycles. The van der Waals surface area contributed by atoms with Crippen LogP contribution in [0.2, 0.25) is 0 Å². The molecular weight excluding hydrogens is 178 g/mol. The average molecular weight is 187 g/mol. The normalized spacial score (nSPS) is 8.42. The largest absolute Gasteiger partial charge is 0.365 e. The minimum atomic E-state index is -0.883. The monoisotopic (exact) mass is 187 g/mol. The second-order valence-electron chi connectivity index (χ2n) is 1.99. The lowest BCUT2D eigenvalue weighted by atomic mass is 10.2. The minimum absolute atomic E-state index is 0.306. The first-order chi connectivity index (χ1) is 5.45. The molecule has 0 saturated heterocycles. The first kappa shape index (κ1) is 10.6. The van der Waals surface area contributed by atoms with Gasteiger partial charge in [-0.15, -0.1) is 0 Å². The molecule has 0 aliphatic rings. The second-order valence-corrected chi connectivity index (χ2v) is 2.60. The lowest BCUT2D eigenvalue weighted by molar-refractivity contribution is -0.120. The molecule has 0 bridgehead atoms. The number of rotatable bonds is 3. The number of primary amides is 2. The second kappa shape index (κ2) is 4.45. The Bertz CT molecular complexity index is 244. The number of carbonyl (C=O) groups is 2. The summed E-state index contributed by atoms with van der Waals surface area (Å²) >= 11 is 4.63. The van der Waals surface area contributed by atoms with Crippen LogP contribution in [-0.4, -0.2) is 16.8 Å². The number of thiocarbonyl (C=S) groups is 1. The van der Waals surface area contributed by atoms with Crippen LogP contribution >= 0.6 is 12.2 Å².